The van der Waals surface area contributed by atoms with Crippen LogP contribution in [-0.4, -0.2) is 36.1 Å². The minimum Gasteiger partial charge on any atom is -0.494 e. The number of likely N-dealkylation sites (tertiary alicyclic amines) is 1. The van der Waals surface area contributed by atoms with Crippen molar-refractivity contribution in [3.63, 3.8) is 0 Å². The molecule has 2 N–H and O–H groups in total. The average Bonchev–Trinajstić information content (AvgIpc) is 2.73. The quantitative estimate of drug-likeness (QED) is 0.646. The van der Waals surface area contributed by atoms with Crippen LogP contribution in [0.1, 0.15) is 37.7 Å². The zero-order valence-electron chi connectivity index (χ0n) is 12.0. The molecule has 0 saturated carbocycles. The van der Waals surface area contributed by atoms with Gasteiger partial charge in [0.1, 0.15) is 10.7 Å². The number of benzene rings is 1. The van der Waals surface area contributed by atoms with Gasteiger partial charge in [-0.1, -0.05) is 25.1 Å². The molecule has 1 heterocycles. The summed E-state index contributed by atoms with van der Waals surface area (Å²) in [6.07, 6.45) is 6.56. The van der Waals surface area contributed by atoms with Gasteiger partial charge in [0.2, 0.25) is 0 Å². The molecule has 0 atom stereocenters. The molecule has 1 aromatic rings. The normalized spacial score (nSPS) is 16.6. The zero-order chi connectivity index (χ0) is 14.2. The lowest BCUT2D eigenvalue weighted by Crippen LogP contribution is -2.26. The minimum atomic E-state index is 0.428. The largest absolute Gasteiger partial charge is 0.494 e. The monoisotopic (exact) mass is 292 g/mol. The van der Waals surface area contributed by atoms with Crippen molar-refractivity contribution in [2.24, 2.45) is 5.73 Å². The van der Waals surface area contributed by atoms with E-state index in [1.807, 2.05) is 24.3 Å². The lowest BCUT2D eigenvalue weighted by Gasteiger charge is -2.19. The maximum atomic E-state index is 5.75. The molecule has 0 unspecified atom stereocenters. The van der Waals surface area contributed by atoms with Gasteiger partial charge in [-0.2, -0.15) is 0 Å². The summed E-state index contributed by atoms with van der Waals surface area (Å²) in [6.45, 7) is 4.42. The summed E-state index contributed by atoms with van der Waals surface area (Å²) in [4.78, 5) is 2.99. The van der Waals surface area contributed by atoms with Crippen LogP contribution in [-0.2, 0) is 0 Å². The Kier molecular flexibility index (Phi) is 6.27. The lowest BCUT2D eigenvalue weighted by molar-refractivity contribution is 0.240. The van der Waals surface area contributed by atoms with Crippen molar-refractivity contribution in [3.8, 4) is 5.75 Å². The van der Waals surface area contributed by atoms with Crippen molar-refractivity contribution in [3.05, 3.63) is 29.8 Å². The highest BCUT2D eigenvalue weighted by Crippen LogP contribution is 2.13. The first-order valence-electron chi connectivity index (χ1n) is 7.51. The molecule has 0 amide bonds. The summed E-state index contributed by atoms with van der Waals surface area (Å²) < 4.78 is 5.75. The van der Waals surface area contributed by atoms with E-state index in [4.69, 9.17) is 22.7 Å². The fourth-order valence-electron chi connectivity index (χ4n) is 2.55. The Bertz CT molecular complexity index is 411. The van der Waals surface area contributed by atoms with E-state index in [-0.39, 0.29) is 0 Å². The van der Waals surface area contributed by atoms with Crippen molar-refractivity contribution >= 4 is 17.2 Å². The third kappa shape index (κ3) is 5.10. The van der Waals surface area contributed by atoms with E-state index in [1.54, 1.807) is 0 Å². The second kappa shape index (κ2) is 8.22. The van der Waals surface area contributed by atoms with E-state index in [0.29, 0.717) is 4.99 Å². The first-order chi connectivity index (χ1) is 9.75. The minimum absolute atomic E-state index is 0.428. The molecule has 0 aromatic heterocycles. The van der Waals surface area contributed by atoms with Crippen molar-refractivity contribution in [2.45, 2.75) is 32.1 Å². The molecule has 1 aliphatic heterocycles. The van der Waals surface area contributed by atoms with Crippen LogP contribution in [0.2, 0.25) is 0 Å². The topological polar surface area (TPSA) is 38.5 Å². The highest BCUT2D eigenvalue weighted by molar-refractivity contribution is 7.80. The molecule has 3 nitrogen and oxygen atoms in total. The van der Waals surface area contributed by atoms with Gasteiger partial charge in [0.15, 0.2) is 0 Å². The summed E-state index contributed by atoms with van der Waals surface area (Å²) in [5, 5.41) is 0. The third-order valence-electron chi connectivity index (χ3n) is 3.72. The van der Waals surface area contributed by atoms with E-state index in [9.17, 15) is 0 Å². The predicted molar refractivity (Wildman–Crippen MR) is 87.3 cm³/mol. The summed E-state index contributed by atoms with van der Waals surface area (Å²) in [5.41, 5.74) is 6.45. The Balaban J connectivity index is 1.66. The summed E-state index contributed by atoms with van der Waals surface area (Å²) in [5.74, 6) is 0.890. The molecule has 1 aromatic carbocycles. The van der Waals surface area contributed by atoms with Gasteiger partial charge in [0, 0.05) is 12.1 Å². The van der Waals surface area contributed by atoms with Crippen LogP contribution in [0, 0.1) is 0 Å². The van der Waals surface area contributed by atoms with Crippen molar-refractivity contribution in [1.82, 2.24) is 4.90 Å². The Morgan fingerprint density at radius 2 is 1.75 bits per heavy atom. The van der Waals surface area contributed by atoms with Crippen LogP contribution in [0.25, 0.3) is 0 Å². The number of nitrogens with two attached hydrogens (primary N) is 1. The molecule has 0 aliphatic carbocycles. The smallest absolute Gasteiger partial charge is 0.119 e. The molecular formula is C16H24N2OS. The zero-order valence-corrected chi connectivity index (χ0v) is 12.8. The molecule has 20 heavy (non-hydrogen) atoms. The van der Waals surface area contributed by atoms with Crippen LogP contribution in [0.3, 0.4) is 0 Å². The van der Waals surface area contributed by atoms with Gasteiger partial charge >= 0.3 is 0 Å². The van der Waals surface area contributed by atoms with Crippen molar-refractivity contribution in [1.29, 1.82) is 0 Å². The Hall–Kier alpha value is -1.13. The standard InChI is InChI=1S/C16H24N2OS/c17-16(20)14-6-8-15(9-7-14)19-13-5-12-18-10-3-1-2-4-11-18/h6-9H,1-5,10-13H2,(H2,17,20). The second-order valence-corrected chi connectivity index (χ2v) is 5.79. The number of nitrogens with zero attached hydrogens (tertiary/aromatic N) is 1. The van der Waals surface area contributed by atoms with Gasteiger partial charge in [0.05, 0.1) is 6.61 Å². The highest BCUT2D eigenvalue weighted by atomic mass is 32.1. The fraction of sp³-hybridized carbons (Fsp3) is 0.562. The maximum Gasteiger partial charge on any atom is 0.119 e. The lowest BCUT2D eigenvalue weighted by atomic mass is 10.2. The van der Waals surface area contributed by atoms with Crippen LogP contribution < -0.4 is 10.5 Å². The van der Waals surface area contributed by atoms with Gasteiger partial charge in [0.25, 0.3) is 0 Å². The Morgan fingerprint density at radius 1 is 1.10 bits per heavy atom. The van der Waals surface area contributed by atoms with Crippen LogP contribution in [0.5, 0.6) is 5.75 Å². The molecule has 110 valence electrons. The molecule has 1 aliphatic rings. The van der Waals surface area contributed by atoms with E-state index in [1.165, 1.54) is 38.8 Å². The maximum absolute atomic E-state index is 5.75. The predicted octanol–water partition coefficient (Wildman–Crippen LogP) is 2.97. The first kappa shape index (κ1) is 15.3. The van der Waals surface area contributed by atoms with Crippen LogP contribution >= 0.6 is 12.2 Å². The second-order valence-electron chi connectivity index (χ2n) is 5.35. The Labute approximate surface area is 127 Å². The number of hydrogen-bond donors (Lipinski definition) is 1. The van der Waals surface area contributed by atoms with Gasteiger partial charge in [-0.3, -0.25) is 0 Å². The van der Waals surface area contributed by atoms with E-state index in [2.05, 4.69) is 4.90 Å². The van der Waals surface area contributed by atoms with Gasteiger partial charge in [-0.15, -0.1) is 0 Å². The Morgan fingerprint density at radius 3 is 2.35 bits per heavy atom. The molecule has 0 spiro atoms. The average molecular weight is 292 g/mol. The van der Waals surface area contributed by atoms with Crippen molar-refractivity contribution < 1.29 is 4.74 Å². The number of thiocarbonyl (C=S) groups is 1. The third-order valence-corrected chi connectivity index (χ3v) is 3.96. The van der Waals surface area contributed by atoms with E-state index < -0.39 is 0 Å². The fourth-order valence-corrected chi connectivity index (χ4v) is 2.69. The van der Waals surface area contributed by atoms with Gasteiger partial charge in [-0.25, -0.2) is 0 Å². The van der Waals surface area contributed by atoms with E-state index in [0.717, 1.165) is 30.9 Å². The van der Waals surface area contributed by atoms with Crippen LogP contribution in [0.4, 0.5) is 0 Å². The molecular weight excluding hydrogens is 268 g/mol. The highest BCUT2D eigenvalue weighted by Gasteiger charge is 2.08. The number of rotatable bonds is 6. The molecule has 2 rings (SSSR count). The van der Waals surface area contributed by atoms with Crippen molar-refractivity contribution in [2.75, 3.05) is 26.2 Å². The molecule has 4 heteroatoms. The van der Waals surface area contributed by atoms with Crippen LogP contribution in [0.15, 0.2) is 24.3 Å². The molecule has 1 saturated heterocycles. The molecule has 0 bridgehead atoms. The first-order valence-corrected chi connectivity index (χ1v) is 7.91. The molecule has 0 radical (unpaired) electrons. The molecule has 1 fully saturated rings. The van der Waals surface area contributed by atoms with Gasteiger partial charge in [-0.05, 0) is 56.6 Å². The summed E-state index contributed by atoms with van der Waals surface area (Å²) in [6, 6.07) is 7.68. The number of hydrogen-bond acceptors (Lipinski definition) is 3. The summed E-state index contributed by atoms with van der Waals surface area (Å²) in [7, 11) is 0. The SMILES string of the molecule is NC(=S)c1ccc(OCCCN2CCCCCC2)cc1. The van der Waals surface area contributed by atoms with Gasteiger partial charge < -0.3 is 15.4 Å². The summed E-state index contributed by atoms with van der Waals surface area (Å²) >= 11 is 4.93. The van der Waals surface area contributed by atoms with E-state index >= 15 is 0 Å². The number of ether oxygens (including phenoxy) is 1.